The molecule has 1 amide bonds. The van der Waals surface area contributed by atoms with E-state index in [1.54, 1.807) is 11.9 Å². The molecular weight excluding hydrogens is 168 g/mol. The van der Waals surface area contributed by atoms with Gasteiger partial charge < -0.3 is 10.6 Å². The van der Waals surface area contributed by atoms with Crippen LogP contribution in [0.5, 0.6) is 0 Å². The van der Waals surface area contributed by atoms with E-state index in [9.17, 15) is 4.79 Å². The fourth-order valence-corrected chi connectivity index (χ4v) is 1.09. The molecule has 1 aromatic heterocycles. The van der Waals surface area contributed by atoms with Crippen molar-refractivity contribution in [3.05, 3.63) is 11.9 Å². The average molecular weight is 182 g/mol. The fraction of sp³-hybridized carbons (Fsp3) is 0.500. The van der Waals surface area contributed by atoms with Crippen molar-refractivity contribution in [2.75, 3.05) is 19.3 Å². The topological polar surface area (TPSA) is 75.0 Å². The molecule has 72 valence electrons. The minimum atomic E-state index is -0.114. The van der Waals surface area contributed by atoms with Crippen LogP contribution < -0.4 is 5.73 Å². The smallest absolute Gasteiger partial charge is 0.273 e. The van der Waals surface area contributed by atoms with Gasteiger partial charge in [-0.15, -0.1) is 0 Å². The number of anilines is 1. The summed E-state index contributed by atoms with van der Waals surface area (Å²) in [6.07, 6.45) is 2.36. The Labute approximate surface area is 76.9 Å². The standard InChI is InChI=1S/C8H14N4O/c1-3-4-12(2)8(13)7-6(9)5-10-11-7/h5H,3-4,9H2,1-2H3,(H,10,11). The molecular formula is C8H14N4O. The van der Waals surface area contributed by atoms with Crippen molar-refractivity contribution in [3.63, 3.8) is 0 Å². The van der Waals surface area contributed by atoms with Crippen LogP contribution in [0.15, 0.2) is 6.20 Å². The number of hydrogen-bond acceptors (Lipinski definition) is 3. The second kappa shape index (κ2) is 3.93. The highest BCUT2D eigenvalue weighted by molar-refractivity contribution is 5.96. The van der Waals surface area contributed by atoms with E-state index in [1.807, 2.05) is 6.92 Å². The highest BCUT2D eigenvalue weighted by atomic mass is 16.2. The number of nitrogens with two attached hydrogens (primary N) is 1. The van der Waals surface area contributed by atoms with E-state index >= 15 is 0 Å². The molecule has 1 heterocycles. The number of hydrogen-bond donors (Lipinski definition) is 2. The number of aromatic amines is 1. The molecule has 0 bridgehead atoms. The van der Waals surface area contributed by atoms with Crippen LogP contribution in [0.25, 0.3) is 0 Å². The average Bonchev–Trinajstić information content (AvgIpc) is 2.50. The molecule has 0 atom stereocenters. The molecule has 5 heteroatoms. The second-order valence-corrected chi connectivity index (χ2v) is 2.93. The molecule has 13 heavy (non-hydrogen) atoms. The van der Waals surface area contributed by atoms with E-state index in [0.717, 1.165) is 13.0 Å². The van der Waals surface area contributed by atoms with Crippen molar-refractivity contribution in [1.82, 2.24) is 15.1 Å². The number of carbonyl (C=O) groups excluding carboxylic acids is 1. The zero-order valence-corrected chi connectivity index (χ0v) is 7.87. The predicted molar refractivity (Wildman–Crippen MR) is 50.3 cm³/mol. The van der Waals surface area contributed by atoms with E-state index in [2.05, 4.69) is 10.2 Å². The second-order valence-electron chi connectivity index (χ2n) is 2.93. The summed E-state index contributed by atoms with van der Waals surface area (Å²) >= 11 is 0. The lowest BCUT2D eigenvalue weighted by molar-refractivity contribution is 0.0790. The van der Waals surface area contributed by atoms with E-state index < -0.39 is 0 Å². The summed E-state index contributed by atoms with van der Waals surface area (Å²) in [4.78, 5) is 13.2. The third-order valence-electron chi connectivity index (χ3n) is 1.79. The summed E-state index contributed by atoms with van der Waals surface area (Å²) in [7, 11) is 1.74. The Bertz CT molecular complexity index is 294. The molecule has 0 saturated carbocycles. The Kier molecular flexibility index (Phi) is 2.89. The number of carbonyl (C=O) groups is 1. The number of nitrogen functional groups attached to an aromatic ring is 1. The molecule has 1 rings (SSSR count). The summed E-state index contributed by atoms with van der Waals surface area (Å²) in [5.74, 6) is -0.114. The number of H-pyrrole nitrogens is 1. The van der Waals surface area contributed by atoms with Crippen molar-refractivity contribution in [3.8, 4) is 0 Å². The molecule has 0 aliphatic carbocycles. The first-order chi connectivity index (χ1) is 6.16. The van der Waals surface area contributed by atoms with Gasteiger partial charge in [0.25, 0.3) is 5.91 Å². The number of nitrogens with zero attached hydrogens (tertiary/aromatic N) is 2. The summed E-state index contributed by atoms with van der Waals surface area (Å²) in [5.41, 5.74) is 6.30. The van der Waals surface area contributed by atoms with Gasteiger partial charge in [-0.25, -0.2) is 0 Å². The summed E-state index contributed by atoms with van der Waals surface area (Å²) in [6, 6.07) is 0. The normalized spacial score (nSPS) is 10.0. The van der Waals surface area contributed by atoms with Crippen LogP contribution in [0.4, 0.5) is 5.69 Å². The van der Waals surface area contributed by atoms with Crippen LogP contribution in [0, 0.1) is 0 Å². The molecule has 0 spiro atoms. The lowest BCUT2D eigenvalue weighted by Crippen LogP contribution is -2.28. The van der Waals surface area contributed by atoms with Crippen LogP contribution in [-0.4, -0.2) is 34.6 Å². The third-order valence-corrected chi connectivity index (χ3v) is 1.79. The zero-order valence-electron chi connectivity index (χ0n) is 7.87. The number of amides is 1. The van der Waals surface area contributed by atoms with E-state index in [0.29, 0.717) is 11.4 Å². The first-order valence-corrected chi connectivity index (χ1v) is 4.21. The van der Waals surface area contributed by atoms with Gasteiger partial charge in [0, 0.05) is 13.6 Å². The van der Waals surface area contributed by atoms with Crippen molar-refractivity contribution >= 4 is 11.6 Å². The van der Waals surface area contributed by atoms with Gasteiger partial charge in [0.05, 0.1) is 11.9 Å². The van der Waals surface area contributed by atoms with Crippen LogP contribution in [0.1, 0.15) is 23.8 Å². The molecule has 0 aromatic carbocycles. The maximum atomic E-state index is 11.6. The summed E-state index contributed by atoms with van der Waals surface area (Å²) in [5, 5.41) is 6.27. The monoisotopic (exact) mass is 182 g/mol. The molecule has 3 N–H and O–H groups in total. The summed E-state index contributed by atoms with van der Waals surface area (Å²) in [6.45, 7) is 2.73. The maximum absolute atomic E-state index is 11.6. The first kappa shape index (κ1) is 9.57. The van der Waals surface area contributed by atoms with Crippen molar-refractivity contribution in [1.29, 1.82) is 0 Å². The first-order valence-electron chi connectivity index (χ1n) is 4.21. The molecule has 1 aromatic rings. The quantitative estimate of drug-likeness (QED) is 0.713. The van der Waals surface area contributed by atoms with Gasteiger partial charge >= 0.3 is 0 Å². The molecule has 0 aliphatic rings. The van der Waals surface area contributed by atoms with E-state index in [-0.39, 0.29) is 5.91 Å². The fourth-order valence-electron chi connectivity index (χ4n) is 1.09. The lowest BCUT2D eigenvalue weighted by atomic mass is 10.3. The van der Waals surface area contributed by atoms with Gasteiger partial charge in [0.1, 0.15) is 5.69 Å². The Morgan fingerprint density at radius 3 is 2.92 bits per heavy atom. The molecule has 0 aliphatic heterocycles. The highest BCUT2D eigenvalue weighted by Gasteiger charge is 2.15. The van der Waals surface area contributed by atoms with Crippen molar-refractivity contribution < 1.29 is 4.79 Å². The largest absolute Gasteiger partial charge is 0.396 e. The SMILES string of the molecule is CCCN(C)C(=O)c1[nH]ncc1N. The van der Waals surface area contributed by atoms with Crippen LogP contribution in [0.3, 0.4) is 0 Å². The molecule has 5 nitrogen and oxygen atoms in total. The third kappa shape index (κ3) is 1.99. The minimum absolute atomic E-state index is 0.114. The van der Waals surface area contributed by atoms with Gasteiger partial charge in [0.2, 0.25) is 0 Å². The number of rotatable bonds is 3. The zero-order chi connectivity index (χ0) is 9.84. The minimum Gasteiger partial charge on any atom is -0.396 e. The molecule has 0 unspecified atom stereocenters. The Morgan fingerprint density at radius 2 is 2.46 bits per heavy atom. The van der Waals surface area contributed by atoms with Crippen LogP contribution >= 0.6 is 0 Å². The Balaban J connectivity index is 2.73. The van der Waals surface area contributed by atoms with Gasteiger partial charge in [-0.1, -0.05) is 6.92 Å². The number of aromatic nitrogens is 2. The van der Waals surface area contributed by atoms with Gasteiger partial charge in [-0.2, -0.15) is 5.10 Å². The Morgan fingerprint density at radius 1 is 1.77 bits per heavy atom. The van der Waals surface area contributed by atoms with Crippen LogP contribution in [-0.2, 0) is 0 Å². The maximum Gasteiger partial charge on any atom is 0.273 e. The van der Waals surface area contributed by atoms with Crippen LogP contribution in [0.2, 0.25) is 0 Å². The Hall–Kier alpha value is -1.52. The van der Waals surface area contributed by atoms with Crippen molar-refractivity contribution in [2.24, 2.45) is 0 Å². The lowest BCUT2D eigenvalue weighted by Gasteiger charge is -2.14. The molecule has 0 fully saturated rings. The van der Waals surface area contributed by atoms with Gasteiger partial charge in [-0.3, -0.25) is 9.89 Å². The van der Waals surface area contributed by atoms with Gasteiger partial charge in [0.15, 0.2) is 0 Å². The predicted octanol–water partition coefficient (Wildman–Crippen LogP) is 0.474. The van der Waals surface area contributed by atoms with E-state index in [1.165, 1.54) is 6.20 Å². The van der Waals surface area contributed by atoms with Gasteiger partial charge in [-0.05, 0) is 6.42 Å². The summed E-state index contributed by atoms with van der Waals surface area (Å²) < 4.78 is 0. The highest BCUT2D eigenvalue weighted by Crippen LogP contribution is 2.08. The van der Waals surface area contributed by atoms with E-state index in [4.69, 9.17) is 5.73 Å². The molecule has 0 saturated heterocycles. The van der Waals surface area contributed by atoms with Crippen molar-refractivity contribution in [2.45, 2.75) is 13.3 Å². The number of nitrogens with one attached hydrogen (secondary N) is 1. The molecule has 0 radical (unpaired) electrons.